The first-order valence-electron chi connectivity index (χ1n) is 14.6. The van der Waals surface area contributed by atoms with Crippen LogP contribution in [0, 0.1) is 50.2 Å². The van der Waals surface area contributed by atoms with Crippen LogP contribution in [0.4, 0.5) is 0 Å². The van der Waals surface area contributed by atoms with Gasteiger partial charge in [-0.25, -0.2) is 4.18 Å². The molecule has 216 valence electrons. The Morgan fingerprint density at radius 3 is 2.26 bits per heavy atom. The Labute approximate surface area is 228 Å². The summed E-state index contributed by atoms with van der Waals surface area (Å²) in [5.41, 5.74) is -0.201. The van der Waals surface area contributed by atoms with Crippen LogP contribution in [0.25, 0.3) is 0 Å². The van der Waals surface area contributed by atoms with Gasteiger partial charge in [0, 0.05) is 5.41 Å². The van der Waals surface area contributed by atoms with Crippen LogP contribution in [-0.2, 0) is 19.4 Å². The second kappa shape index (κ2) is 8.53. The minimum absolute atomic E-state index is 0.0261. The molecule has 0 aromatic carbocycles. The lowest BCUT2D eigenvalue weighted by molar-refractivity contribution is -0.215. The number of aliphatic carboxylic acids is 1. The summed E-state index contributed by atoms with van der Waals surface area (Å²) >= 11 is 0. The Hall–Kier alpha value is -0.960. The van der Waals surface area contributed by atoms with Gasteiger partial charge in [0.1, 0.15) is 0 Å². The average Bonchev–Trinajstić information content (AvgIpc) is 2.80. The summed E-state index contributed by atoms with van der Waals surface area (Å²) in [6.07, 6.45) is 10.0. The van der Waals surface area contributed by atoms with Gasteiger partial charge < -0.3 is 10.2 Å². The number of carboxylic acids is 1. The molecule has 0 radical (unpaired) electrons. The first kappa shape index (κ1) is 28.6. The summed E-state index contributed by atoms with van der Waals surface area (Å²) < 4.78 is 37.2. The summed E-state index contributed by atoms with van der Waals surface area (Å²) in [4.78, 5) is 12.8. The van der Waals surface area contributed by atoms with Crippen molar-refractivity contribution < 1.29 is 32.2 Å². The van der Waals surface area contributed by atoms with E-state index in [1.54, 1.807) is 0 Å². The van der Waals surface area contributed by atoms with Gasteiger partial charge in [0.2, 0.25) is 0 Å². The Morgan fingerprint density at radius 1 is 0.974 bits per heavy atom. The molecule has 0 aromatic heterocycles. The van der Waals surface area contributed by atoms with Gasteiger partial charge in [0.25, 0.3) is 0 Å². The van der Waals surface area contributed by atoms with Crippen LogP contribution < -0.4 is 0 Å². The molecule has 3 unspecified atom stereocenters. The van der Waals surface area contributed by atoms with E-state index in [1.165, 1.54) is 5.57 Å². The maximum absolute atomic E-state index is 12.8. The molecule has 7 nitrogen and oxygen atoms in total. The van der Waals surface area contributed by atoms with Gasteiger partial charge in [-0.3, -0.25) is 9.35 Å². The zero-order chi connectivity index (χ0) is 28.2. The number of aliphatic hydroxyl groups excluding tert-OH is 1. The van der Waals surface area contributed by atoms with Gasteiger partial charge in [0.15, 0.2) is 0 Å². The normalized spacial score (nSPS) is 50.1. The van der Waals surface area contributed by atoms with Gasteiger partial charge in [-0.05, 0) is 104 Å². The van der Waals surface area contributed by atoms with Crippen molar-refractivity contribution in [3.63, 3.8) is 0 Å². The van der Waals surface area contributed by atoms with Crippen molar-refractivity contribution >= 4 is 16.4 Å². The van der Waals surface area contributed by atoms with Gasteiger partial charge in [-0.1, -0.05) is 53.2 Å². The van der Waals surface area contributed by atoms with Crippen molar-refractivity contribution in [1.29, 1.82) is 0 Å². The molecule has 0 saturated heterocycles. The Bertz CT molecular complexity index is 1150. The Kier molecular flexibility index (Phi) is 6.41. The standard InChI is InChI=1S/C30H48O7S/c1-25(2)13-15-30(24(32)33)16-14-28(5)19(20(30)17-25)7-8-22-26(3)11-10-23(31)27(4,18-37-38(34,35)36)21(26)9-12-29(22,28)6/h7,20-23,31H,8-18H2,1-6H3,(H,32,33)(H,34,35,36)/t20-,21?,22-,23?,26+,27?,28-,29-,30+/m1/s1. The molecule has 0 aromatic rings. The van der Waals surface area contributed by atoms with Crippen LogP contribution in [-0.4, -0.2) is 41.9 Å². The monoisotopic (exact) mass is 552 g/mol. The Morgan fingerprint density at radius 2 is 1.63 bits per heavy atom. The maximum Gasteiger partial charge on any atom is 0.397 e. The number of hydrogen-bond acceptors (Lipinski definition) is 5. The summed E-state index contributed by atoms with van der Waals surface area (Å²) in [5, 5.41) is 21.6. The number of carboxylic acid groups (broad SMARTS) is 1. The smallest absolute Gasteiger partial charge is 0.397 e. The second-order valence-electron chi connectivity index (χ2n) is 15.4. The van der Waals surface area contributed by atoms with Crippen molar-refractivity contribution in [1.82, 2.24) is 0 Å². The molecular formula is C30H48O7S. The molecule has 8 heteroatoms. The van der Waals surface area contributed by atoms with Crippen LogP contribution in [0.1, 0.15) is 106 Å². The third-order valence-electron chi connectivity index (χ3n) is 13.4. The molecular weight excluding hydrogens is 504 g/mol. The maximum atomic E-state index is 12.8. The molecule has 5 aliphatic rings. The molecule has 4 fully saturated rings. The summed E-state index contributed by atoms with van der Waals surface area (Å²) in [6, 6.07) is 0. The molecule has 0 aliphatic heterocycles. The third-order valence-corrected chi connectivity index (χ3v) is 13.8. The van der Waals surface area contributed by atoms with Crippen LogP contribution in [0.15, 0.2) is 11.6 Å². The van der Waals surface area contributed by atoms with Crippen molar-refractivity contribution in [2.24, 2.45) is 50.2 Å². The fourth-order valence-electron chi connectivity index (χ4n) is 10.8. The van der Waals surface area contributed by atoms with E-state index < -0.39 is 33.3 Å². The van der Waals surface area contributed by atoms with Crippen LogP contribution in [0.5, 0.6) is 0 Å². The van der Waals surface area contributed by atoms with Crippen molar-refractivity contribution in [3.8, 4) is 0 Å². The minimum Gasteiger partial charge on any atom is -0.481 e. The predicted octanol–water partition coefficient (Wildman–Crippen LogP) is 6.03. The summed E-state index contributed by atoms with van der Waals surface area (Å²) in [7, 11) is -4.61. The molecule has 0 heterocycles. The van der Waals surface area contributed by atoms with E-state index in [-0.39, 0.29) is 40.1 Å². The molecule has 9 atom stereocenters. The molecule has 5 aliphatic carbocycles. The van der Waals surface area contributed by atoms with Gasteiger partial charge in [-0.2, -0.15) is 8.42 Å². The molecule has 0 spiro atoms. The number of allylic oxidation sites excluding steroid dienone is 2. The van der Waals surface area contributed by atoms with Crippen molar-refractivity contribution in [2.45, 2.75) is 112 Å². The first-order valence-corrected chi connectivity index (χ1v) is 16.0. The fraction of sp³-hybridized carbons (Fsp3) is 0.900. The summed E-state index contributed by atoms with van der Waals surface area (Å²) in [5.74, 6) is -0.186. The molecule has 38 heavy (non-hydrogen) atoms. The van der Waals surface area contributed by atoms with E-state index in [9.17, 15) is 28.0 Å². The van der Waals surface area contributed by atoms with Crippen molar-refractivity contribution in [3.05, 3.63) is 11.6 Å². The highest BCUT2D eigenvalue weighted by atomic mass is 32.3. The highest BCUT2D eigenvalue weighted by Gasteiger charge is 2.69. The first-order chi connectivity index (χ1) is 17.3. The lowest BCUT2D eigenvalue weighted by Gasteiger charge is -2.71. The van der Waals surface area contributed by atoms with Crippen molar-refractivity contribution in [2.75, 3.05) is 6.61 Å². The van der Waals surface area contributed by atoms with E-state index in [0.29, 0.717) is 12.3 Å². The molecule has 5 rings (SSSR count). The van der Waals surface area contributed by atoms with Crippen LogP contribution in [0.2, 0.25) is 0 Å². The fourth-order valence-corrected chi connectivity index (χ4v) is 11.2. The topological polar surface area (TPSA) is 121 Å². The van der Waals surface area contributed by atoms with E-state index in [1.807, 2.05) is 6.92 Å². The zero-order valence-electron chi connectivity index (χ0n) is 24.0. The minimum atomic E-state index is -4.61. The van der Waals surface area contributed by atoms with E-state index >= 15 is 0 Å². The molecule has 0 amide bonds. The Balaban J connectivity index is 1.55. The second-order valence-corrected chi connectivity index (χ2v) is 16.5. The highest BCUT2D eigenvalue weighted by molar-refractivity contribution is 7.80. The lowest BCUT2D eigenvalue weighted by atomic mass is 9.33. The largest absolute Gasteiger partial charge is 0.481 e. The zero-order valence-corrected chi connectivity index (χ0v) is 24.9. The number of aliphatic hydroxyl groups is 1. The lowest BCUT2D eigenvalue weighted by Crippen LogP contribution is -2.66. The van der Waals surface area contributed by atoms with Crippen LogP contribution >= 0.6 is 0 Å². The quantitative estimate of drug-likeness (QED) is 0.287. The molecule has 3 N–H and O–H groups in total. The highest BCUT2D eigenvalue weighted by Crippen LogP contribution is 2.75. The average molecular weight is 553 g/mol. The number of carbonyl (C=O) groups is 1. The van der Waals surface area contributed by atoms with Crippen LogP contribution in [0.3, 0.4) is 0 Å². The van der Waals surface area contributed by atoms with Gasteiger partial charge in [0.05, 0.1) is 18.1 Å². The molecule has 4 saturated carbocycles. The number of fused-ring (bicyclic) bond motifs is 7. The SMILES string of the molecule is CC1(C)CC[C@]2(C(=O)O)CC[C@]3(C)C(=CC[C@@H]4[C@@]5(C)CCC(O)C(C)(COS(=O)(=O)O)C5CC[C@]43C)[C@H]2C1. The summed E-state index contributed by atoms with van der Waals surface area (Å²) in [6.45, 7) is 13.4. The van der Waals surface area contributed by atoms with E-state index in [2.05, 4.69) is 40.7 Å². The number of rotatable bonds is 4. The van der Waals surface area contributed by atoms with Gasteiger partial charge in [-0.15, -0.1) is 0 Å². The van der Waals surface area contributed by atoms with Gasteiger partial charge >= 0.3 is 16.4 Å². The molecule has 0 bridgehead atoms. The third kappa shape index (κ3) is 3.82. The van der Waals surface area contributed by atoms with E-state index in [0.717, 1.165) is 57.8 Å². The predicted molar refractivity (Wildman–Crippen MR) is 145 cm³/mol. The number of hydrogen-bond donors (Lipinski definition) is 3. The van der Waals surface area contributed by atoms with E-state index in [4.69, 9.17) is 4.18 Å².